The van der Waals surface area contributed by atoms with Crippen LogP contribution < -0.4 is 5.32 Å². The highest BCUT2D eigenvalue weighted by Gasteiger charge is 2.39. The number of nitrogens with zero attached hydrogens (tertiary/aromatic N) is 3. The van der Waals surface area contributed by atoms with Crippen molar-refractivity contribution in [3.63, 3.8) is 0 Å². The van der Waals surface area contributed by atoms with Gasteiger partial charge in [0.05, 0.1) is 18.2 Å². The minimum atomic E-state index is -0.631. The number of carbonyl (C=O) groups is 3. The minimum Gasteiger partial charge on any atom is -0.463 e. The van der Waals surface area contributed by atoms with Gasteiger partial charge in [-0.05, 0) is 44.4 Å². The van der Waals surface area contributed by atoms with E-state index in [1.807, 2.05) is 17.0 Å². The summed E-state index contributed by atoms with van der Waals surface area (Å²) in [5, 5.41) is 3.51. The molecule has 3 amide bonds. The number of hydrogen-bond donors (Lipinski definition) is 1. The van der Waals surface area contributed by atoms with Crippen molar-refractivity contribution in [2.24, 2.45) is 5.92 Å². The quantitative estimate of drug-likeness (QED) is 0.622. The van der Waals surface area contributed by atoms with Crippen LogP contribution in [0.1, 0.15) is 44.7 Å². The molecule has 3 aliphatic rings. The average molecular weight is 489 g/mol. The molecule has 1 aromatic rings. The molecule has 4 rings (SSSR count). The van der Waals surface area contributed by atoms with E-state index in [4.69, 9.17) is 16.3 Å². The fourth-order valence-corrected chi connectivity index (χ4v) is 5.03. The Labute approximate surface area is 205 Å². The van der Waals surface area contributed by atoms with Crippen LogP contribution >= 0.6 is 11.6 Å². The van der Waals surface area contributed by atoms with E-state index >= 15 is 0 Å². The van der Waals surface area contributed by atoms with Crippen LogP contribution in [0.5, 0.6) is 0 Å². The molecule has 0 spiro atoms. The topological polar surface area (TPSA) is 82.2 Å². The summed E-state index contributed by atoms with van der Waals surface area (Å²) in [6, 6.07) is 6.25. The van der Waals surface area contributed by atoms with Gasteiger partial charge in [-0.15, -0.1) is 0 Å². The largest absolute Gasteiger partial charge is 0.463 e. The number of urea groups is 1. The molecule has 2 atom stereocenters. The van der Waals surface area contributed by atoms with Crippen molar-refractivity contribution in [3.8, 4) is 0 Å². The summed E-state index contributed by atoms with van der Waals surface area (Å²) in [5.74, 6) is -0.00151. The first kappa shape index (κ1) is 24.5. The predicted octanol–water partition coefficient (Wildman–Crippen LogP) is 3.19. The van der Waals surface area contributed by atoms with E-state index in [1.165, 1.54) is 4.90 Å². The normalized spacial score (nSPS) is 24.1. The summed E-state index contributed by atoms with van der Waals surface area (Å²) in [6.07, 6.45) is 3.12. The molecule has 1 saturated carbocycles. The van der Waals surface area contributed by atoms with Gasteiger partial charge in [0.25, 0.3) is 0 Å². The number of likely N-dealkylation sites (N-methyl/N-ethyl adjacent to an activating group) is 1. The Morgan fingerprint density at radius 3 is 2.47 bits per heavy atom. The number of rotatable bonds is 6. The summed E-state index contributed by atoms with van der Waals surface area (Å²) in [4.78, 5) is 44.5. The smallest absolute Gasteiger partial charge is 0.338 e. The van der Waals surface area contributed by atoms with E-state index in [1.54, 1.807) is 26.1 Å². The van der Waals surface area contributed by atoms with Gasteiger partial charge in [0.15, 0.2) is 0 Å². The van der Waals surface area contributed by atoms with E-state index < -0.39 is 12.0 Å². The predicted molar refractivity (Wildman–Crippen MR) is 129 cm³/mol. The Kier molecular flexibility index (Phi) is 7.48. The first-order valence-corrected chi connectivity index (χ1v) is 12.4. The third kappa shape index (κ3) is 4.93. The highest BCUT2D eigenvalue weighted by molar-refractivity contribution is 6.30. The van der Waals surface area contributed by atoms with E-state index in [-0.39, 0.29) is 30.5 Å². The number of ether oxygens (including phenoxy) is 1. The maximum absolute atomic E-state index is 13.1. The molecule has 2 fully saturated rings. The van der Waals surface area contributed by atoms with Crippen molar-refractivity contribution in [2.45, 2.75) is 45.2 Å². The maximum Gasteiger partial charge on any atom is 0.338 e. The second-order valence-corrected chi connectivity index (χ2v) is 9.75. The number of halogens is 1. The molecule has 0 bridgehead atoms. The monoisotopic (exact) mass is 488 g/mol. The minimum absolute atomic E-state index is 0.0725. The third-order valence-corrected chi connectivity index (χ3v) is 7.35. The van der Waals surface area contributed by atoms with Crippen LogP contribution in [-0.4, -0.2) is 78.5 Å². The molecule has 9 heteroatoms. The van der Waals surface area contributed by atoms with Gasteiger partial charge >= 0.3 is 12.0 Å². The molecular formula is C25H33ClN4O4. The number of piperazine rings is 1. The fraction of sp³-hybridized carbons (Fsp3) is 0.560. The van der Waals surface area contributed by atoms with E-state index in [9.17, 15) is 14.4 Å². The highest BCUT2D eigenvalue weighted by atomic mass is 35.5. The van der Waals surface area contributed by atoms with Crippen LogP contribution in [0.4, 0.5) is 4.79 Å². The van der Waals surface area contributed by atoms with Gasteiger partial charge in [-0.2, -0.15) is 0 Å². The van der Waals surface area contributed by atoms with Crippen LogP contribution in [0.25, 0.3) is 0 Å². The van der Waals surface area contributed by atoms with Crippen LogP contribution in [-0.2, 0) is 14.3 Å². The fourth-order valence-electron chi connectivity index (χ4n) is 4.91. The first-order chi connectivity index (χ1) is 16.3. The number of esters is 1. The Hall–Kier alpha value is -2.58. The molecule has 1 aromatic carbocycles. The summed E-state index contributed by atoms with van der Waals surface area (Å²) in [6.45, 7) is 6.49. The Morgan fingerprint density at radius 1 is 1.18 bits per heavy atom. The van der Waals surface area contributed by atoms with Crippen molar-refractivity contribution >= 4 is 29.5 Å². The van der Waals surface area contributed by atoms with Crippen molar-refractivity contribution in [2.75, 3.05) is 39.8 Å². The lowest BCUT2D eigenvalue weighted by Crippen LogP contribution is -2.57. The van der Waals surface area contributed by atoms with Gasteiger partial charge in [0.2, 0.25) is 5.91 Å². The van der Waals surface area contributed by atoms with Gasteiger partial charge in [-0.1, -0.05) is 30.2 Å². The molecule has 8 nitrogen and oxygen atoms in total. The van der Waals surface area contributed by atoms with Gasteiger partial charge in [0, 0.05) is 55.9 Å². The number of carbonyl (C=O) groups excluding carboxylic acids is 3. The number of nitrogens with one attached hydrogen (secondary N) is 1. The Bertz CT molecular complexity index is 976. The molecular weight excluding hydrogens is 456 g/mol. The number of benzene rings is 1. The molecule has 2 aliphatic heterocycles. The van der Waals surface area contributed by atoms with Crippen molar-refractivity contribution in [3.05, 3.63) is 46.1 Å². The van der Waals surface area contributed by atoms with E-state index in [0.717, 1.165) is 24.8 Å². The summed E-state index contributed by atoms with van der Waals surface area (Å²) >= 11 is 6.05. The van der Waals surface area contributed by atoms with Gasteiger partial charge in [-0.3, -0.25) is 14.6 Å². The first-order valence-electron chi connectivity index (χ1n) is 12.0. The zero-order valence-electron chi connectivity index (χ0n) is 20.1. The van der Waals surface area contributed by atoms with Crippen molar-refractivity contribution in [1.82, 2.24) is 20.0 Å². The van der Waals surface area contributed by atoms with Gasteiger partial charge < -0.3 is 15.0 Å². The molecule has 1 saturated heterocycles. The van der Waals surface area contributed by atoms with Crippen LogP contribution in [0.3, 0.4) is 0 Å². The van der Waals surface area contributed by atoms with Crippen LogP contribution in [0.2, 0.25) is 5.02 Å². The summed E-state index contributed by atoms with van der Waals surface area (Å²) < 4.78 is 5.40. The zero-order valence-corrected chi connectivity index (χ0v) is 20.8. The zero-order chi connectivity index (χ0) is 24.4. The molecule has 34 heavy (non-hydrogen) atoms. The number of hydrogen-bond acceptors (Lipinski definition) is 5. The van der Waals surface area contributed by atoms with Crippen molar-refractivity contribution in [1.29, 1.82) is 0 Å². The third-order valence-electron chi connectivity index (χ3n) is 7.10. The molecule has 1 aliphatic carbocycles. The summed E-state index contributed by atoms with van der Waals surface area (Å²) in [5.41, 5.74) is 1.80. The standard InChI is InChI=1S/C25H33ClN4O4/c1-4-34-24(32)21-20(28(3)25(33)27-22(21)17-8-10-19(26)11-9-17)15-29-12-13-30(16(2)14-29)23(31)18-6-5-7-18/h8-11,16,18,22H,4-7,12-15H2,1-3H3,(H,27,33)/t16-,22+/m0/s1. The second-order valence-electron chi connectivity index (χ2n) is 9.32. The van der Waals surface area contributed by atoms with E-state index in [0.29, 0.717) is 42.5 Å². The molecule has 0 radical (unpaired) electrons. The molecule has 2 heterocycles. The lowest BCUT2D eigenvalue weighted by Gasteiger charge is -2.44. The molecule has 1 N–H and O–H groups in total. The molecule has 0 aromatic heterocycles. The van der Waals surface area contributed by atoms with Crippen LogP contribution in [0.15, 0.2) is 35.5 Å². The molecule has 184 valence electrons. The number of amides is 3. The second kappa shape index (κ2) is 10.4. The Balaban J connectivity index is 1.60. The summed E-state index contributed by atoms with van der Waals surface area (Å²) in [7, 11) is 1.67. The lowest BCUT2D eigenvalue weighted by atomic mass is 9.84. The van der Waals surface area contributed by atoms with Gasteiger partial charge in [0.1, 0.15) is 0 Å². The van der Waals surface area contributed by atoms with Crippen molar-refractivity contribution < 1.29 is 19.1 Å². The van der Waals surface area contributed by atoms with Crippen LogP contribution in [0, 0.1) is 5.92 Å². The SMILES string of the molecule is CCOC(=O)C1=C(CN2CCN(C(=O)C3CCC3)[C@@H](C)C2)N(C)C(=O)N[C@@H]1c1ccc(Cl)cc1. The molecule has 0 unspecified atom stereocenters. The van der Waals surface area contributed by atoms with E-state index in [2.05, 4.69) is 17.1 Å². The lowest BCUT2D eigenvalue weighted by molar-refractivity contribution is -0.142. The Morgan fingerprint density at radius 2 is 1.88 bits per heavy atom. The maximum atomic E-state index is 13.1. The highest BCUT2D eigenvalue weighted by Crippen LogP contribution is 2.33. The van der Waals surface area contributed by atoms with Gasteiger partial charge in [-0.25, -0.2) is 9.59 Å². The average Bonchev–Trinajstić information content (AvgIpc) is 2.76.